The van der Waals surface area contributed by atoms with E-state index < -0.39 is 11.2 Å². The maximum atomic E-state index is 12.0. The number of allylic oxidation sites excluding steroid dienone is 2. The topological polar surface area (TPSA) is 46.7 Å². The molecule has 92 valence electrons. The van der Waals surface area contributed by atoms with E-state index in [9.17, 15) is 9.59 Å². The molecule has 2 aliphatic rings. The minimum atomic E-state index is -1.05. The van der Waals surface area contributed by atoms with Crippen LogP contribution in [0, 0.1) is 5.41 Å². The van der Waals surface area contributed by atoms with E-state index in [0.29, 0.717) is 0 Å². The van der Waals surface area contributed by atoms with E-state index in [2.05, 4.69) is 20.8 Å². The lowest BCUT2D eigenvalue weighted by Gasteiger charge is -2.24. The van der Waals surface area contributed by atoms with Crippen LogP contribution in [0.25, 0.3) is 0 Å². The Morgan fingerprint density at radius 3 is 2.29 bits per heavy atom. The summed E-state index contributed by atoms with van der Waals surface area (Å²) in [6.07, 6.45) is 5.15. The predicted octanol–water partition coefficient (Wildman–Crippen LogP) is 2.21. The Kier molecular flexibility index (Phi) is 2.28. The van der Waals surface area contributed by atoms with Crippen LogP contribution < -0.4 is 0 Å². The predicted molar refractivity (Wildman–Crippen MR) is 64.6 cm³/mol. The molecule has 1 aliphatic carbocycles. The summed E-state index contributed by atoms with van der Waals surface area (Å²) >= 11 is 0. The number of ketones is 2. The summed E-state index contributed by atoms with van der Waals surface area (Å²) in [5, 5.41) is 0. The molecule has 0 N–H and O–H groups in total. The first-order valence-electron chi connectivity index (χ1n) is 5.80. The Labute approximate surface area is 102 Å². The highest BCUT2D eigenvalue weighted by Crippen LogP contribution is 2.53. The number of carbonyl (C=O) groups is 2. The Morgan fingerprint density at radius 2 is 1.88 bits per heavy atom. The van der Waals surface area contributed by atoms with Crippen molar-refractivity contribution in [3.8, 4) is 0 Å². The zero-order valence-corrected chi connectivity index (χ0v) is 11.0. The lowest BCUT2D eigenvalue weighted by molar-refractivity contribution is -0.122. The van der Waals surface area contributed by atoms with Gasteiger partial charge in [-0.2, -0.15) is 0 Å². The largest absolute Gasteiger partial charge is 0.341 e. The number of ether oxygens (including phenoxy) is 1. The summed E-state index contributed by atoms with van der Waals surface area (Å²) in [5.41, 5.74) is -1.06. The maximum absolute atomic E-state index is 12.0. The highest BCUT2D eigenvalue weighted by molar-refractivity contribution is 6.10. The number of carbonyl (C=O) groups excluding carboxylic acids is 2. The van der Waals surface area contributed by atoms with Crippen molar-refractivity contribution in [1.29, 1.82) is 0 Å². The van der Waals surface area contributed by atoms with E-state index in [1.165, 1.54) is 13.0 Å². The Hall–Kier alpha value is -1.22. The van der Waals surface area contributed by atoms with Crippen molar-refractivity contribution in [2.45, 2.75) is 45.8 Å². The van der Waals surface area contributed by atoms with Crippen molar-refractivity contribution in [1.82, 2.24) is 0 Å². The summed E-state index contributed by atoms with van der Waals surface area (Å²) in [6, 6.07) is 0. The third-order valence-corrected chi connectivity index (χ3v) is 3.71. The van der Waals surface area contributed by atoms with Crippen LogP contribution in [0.15, 0.2) is 23.8 Å². The molecule has 2 rings (SSSR count). The van der Waals surface area contributed by atoms with Gasteiger partial charge in [-0.3, -0.25) is 9.59 Å². The molecule has 0 aromatic heterocycles. The molecule has 1 fully saturated rings. The van der Waals surface area contributed by atoms with Gasteiger partial charge in [-0.15, -0.1) is 0 Å². The molecule has 0 aromatic carbocycles. The monoisotopic (exact) mass is 234 g/mol. The van der Waals surface area contributed by atoms with Crippen LogP contribution in [0.4, 0.5) is 0 Å². The summed E-state index contributed by atoms with van der Waals surface area (Å²) < 4.78 is 5.51. The van der Waals surface area contributed by atoms with Gasteiger partial charge in [-0.25, -0.2) is 0 Å². The van der Waals surface area contributed by atoms with E-state index in [1.807, 2.05) is 12.2 Å². The van der Waals surface area contributed by atoms with Crippen LogP contribution in [-0.2, 0) is 14.3 Å². The zero-order chi connectivity index (χ0) is 13.1. The quantitative estimate of drug-likeness (QED) is 0.653. The number of hydrogen-bond acceptors (Lipinski definition) is 3. The first-order chi connectivity index (χ1) is 7.63. The molecule has 2 unspecified atom stereocenters. The summed E-state index contributed by atoms with van der Waals surface area (Å²) in [6.45, 7) is 9.36. The van der Waals surface area contributed by atoms with Crippen LogP contribution >= 0.6 is 0 Å². The van der Waals surface area contributed by atoms with Crippen molar-refractivity contribution in [3.05, 3.63) is 23.8 Å². The van der Waals surface area contributed by atoms with Gasteiger partial charge in [0.05, 0.1) is 0 Å². The van der Waals surface area contributed by atoms with Crippen LogP contribution in [0.5, 0.6) is 0 Å². The molecule has 0 bridgehead atoms. The molecule has 0 amide bonds. The molecule has 1 heterocycles. The second-order valence-electron chi connectivity index (χ2n) is 5.97. The van der Waals surface area contributed by atoms with E-state index in [-0.39, 0.29) is 17.0 Å². The average molecular weight is 234 g/mol. The SMILES string of the molecule is CC(=O)C1(C)OC12C=C(C(C)(C)C)C=CC2=O. The van der Waals surface area contributed by atoms with Crippen LogP contribution in [0.2, 0.25) is 0 Å². The Bertz CT molecular complexity index is 464. The lowest BCUT2D eigenvalue weighted by atomic mass is 9.76. The van der Waals surface area contributed by atoms with Crippen molar-refractivity contribution in [2.24, 2.45) is 5.41 Å². The molecule has 0 aromatic rings. The second kappa shape index (κ2) is 3.16. The number of hydrogen-bond donors (Lipinski definition) is 0. The van der Waals surface area contributed by atoms with Crippen LogP contribution in [0.3, 0.4) is 0 Å². The average Bonchev–Trinajstić information content (AvgIpc) is 2.78. The van der Waals surface area contributed by atoms with Crippen molar-refractivity contribution < 1.29 is 14.3 Å². The van der Waals surface area contributed by atoms with Gasteiger partial charge in [0.1, 0.15) is 0 Å². The van der Waals surface area contributed by atoms with Gasteiger partial charge in [0, 0.05) is 0 Å². The standard InChI is InChI=1S/C14H18O3/c1-9(15)13(5)14(17-13)8-10(12(2,3)4)6-7-11(14)16/h6-8H,1-5H3. The van der Waals surface area contributed by atoms with Crippen LogP contribution in [-0.4, -0.2) is 22.8 Å². The Morgan fingerprint density at radius 1 is 1.29 bits per heavy atom. The lowest BCUT2D eigenvalue weighted by Crippen LogP contribution is -2.36. The normalized spacial score (nSPS) is 36.1. The van der Waals surface area contributed by atoms with Crippen molar-refractivity contribution >= 4 is 11.6 Å². The maximum Gasteiger partial charge on any atom is 0.194 e. The van der Waals surface area contributed by atoms with Gasteiger partial charge in [-0.1, -0.05) is 26.8 Å². The van der Waals surface area contributed by atoms with E-state index in [4.69, 9.17) is 4.74 Å². The zero-order valence-electron chi connectivity index (χ0n) is 11.0. The third kappa shape index (κ3) is 1.53. The fraction of sp³-hybridized carbons (Fsp3) is 0.571. The fourth-order valence-corrected chi connectivity index (χ4v) is 2.18. The molecule has 17 heavy (non-hydrogen) atoms. The van der Waals surface area contributed by atoms with E-state index >= 15 is 0 Å². The minimum Gasteiger partial charge on any atom is -0.341 e. The minimum absolute atomic E-state index is 0.0617. The van der Waals surface area contributed by atoms with Crippen LogP contribution in [0.1, 0.15) is 34.6 Å². The molecule has 1 saturated heterocycles. The van der Waals surface area contributed by atoms with Gasteiger partial charge >= 0.3 is 0 Å². The van der Waals surface area contributed by atoms with Crippen molar-refractivity contribution in [2.75, 3.05) is 0 Å². The summed E-state index contributed by atoms with van der Waals surface area (Å²) in [7, 11) is 0. The smallest absolute Gasteiger partial charge is 0.194 e. The Balaban J connectivity index is 2.45. The third-order valence-electron chi connectivity index (χ3n) is 3.71. The van der Waals surface area contributed by atoms with Gasteiger partial charge in [-0.05, 0) is 37.0 Å². The highest BCUT2D eigenvalue weighted by atomic mass is 16.6. The van der Waals surface area contributed by atoms with Gasteiger partial charge < -0.3 is 4.74 Å². The molecule has 1 aliphatic heterocycles. The molecule has 1 spiro atoms. The molecule has 3 nitrogen and oxygen atoms in total. The summed E-state index contributed by atoms with van der Waals surface area (Å²) in [4.78, 5) is 23.5. The fourth-order valence-electron chi connectivity index (χ4n) is 2.18. The van der Waals surface area contributed by atoms with Gasteiger partial charge in [0.2, 0.25) is 0 Å². The van der Waals surface area contributed by atoms with Crippen molar-refractivity contribution in [3.63, 3.8) is 0 Å². The van der Waals surface area contributed by atoms with E-state index in [0.717, 1.165) is 5.57 Å². The van der Waals surface area contributed by atoms with E-state index in [1.54, 1.807) is 6.92 Å². The molecule has 2 atom stereocenters. The molecular formula is C14H18O3. The number of epoxide rings is 1. The second-order valence-corrected chi connectivity index (χ2v) is 5.97. The highest BCUT2D eigenvalue weighted by Gasteiger charge is 2.73. The van der Waals surface area contributed by atoms with Gasteiger partial charge in [0.15, 0.2) is 22.8 Å². The first-order valence-corrected chi connectivity index (χ1v) is 5.80. The number of Topliss-reactive ketones (excluding diaryl/α,β-unsaturated/α-hetero) is 1. The number of rotatable bonds is 1. The summed E-state index contributed by atoms with van der Waals surface area (Å²) in [5.74, 6) is -0.242. The molecular weight excluding hydrogens is 216 g/mol. The first kappa shape index (κ1) is 12.2. The molecule has 0 saturated carbocycles. The van der Waals surface area contributed by atoms with Gasteiger partial charge in [0.25, 0.3) is 0 Å². The molecule has 3 heteroatoms. The molecule has 0 radical (unpaired) electrons.